The predicted molar refractivity (Wildman–Crippen MR) is 38.5 cm³/mol. The lowest BCUT2D eigenvalue weighted by atomic mass is 10.2. The number of carboxylic acid groups (broad SMARTS) is 1. The Balaban J connectivity index is 2.52. The number of ether oxygens (including phenoxy) is 2. The lowest BCUT2D eigenvalue weighted by molar-refractivity contribution is -0.168. The molecular weight excluding hydrogens is 164 g/mol. The fourth-order valence-corrected chi connectivity index (χ4v) is 1.03. The Morgan fingerprint density at radius 2 is 2.25 bits per heavy atom. The second-order valence-electron chi connectivity index (χ2n) is 3.15. The molecule has 0 bridgehead atoms. The van der Waals surface area contributed by atoms with Gasteiger partial charge in [-0.1, -0.05) is 0 Å². The third kappa shape index (κ3) is 1.94. The first-order valence-electron chi connectivity index (χ1n) is 3.65. The van der Waals surface area contributed by atoms with Crippen molar-refractivity contribution in [3.05, 3.63) is 0 Å². The first kappa shape index (κ1) is 9.44. The summed E-state index contributed by atoms with van der Waals surface area (Å²) in [6, 6.07) is 0. The third-order valence-corrected chi connectivity index (χ3v) is 1.64. The molecular formula is C7H12O5. The zero-order valence-corrected chi connectivity index (χ0v) is 6.98. The number of rotatable bonds is 2. The topological polar surface area (TPSA) is 76.0 Å². The lowest BCUT2D eigenvalue weighted by Crippen LogP contribution is -2.36. The highest BCUT2D eigenvalue weighted by molar-refractivity contribution is 5.72. The summed E-state index contributed by atoms with van der Waals surface area (Å²) in [5.74, 6) is -2.08. The molecule has 0 unspecified atom stereocenters. The third-order valence-electron chi connectivity index (χ3n) is 1.64. The van der Waals surface area contributed by atoms with Crippen LogP contribution in [0.1, 0.15) is 13.8 Å². The summed E-state index contributed by atoms with van der Waals surface area (Å²) in [6.07, 6.45) is -2.27. The fourth-order valence-electron chi connectivity index (χ4n) is 1.03. The van der Waals surface area contributed by atoms with Gasteiger partial charge in [-0.2, -0.15) is 0 Å². The molecule has 70 valence electrons. The van der Waals surface area contributed by atoms with Crippen LogP contribution in [0, 0.1) is 0 Å². The number of aliphatic hydroxyl groups is 1. The maximum Gasteiger partial charge on any atom is 0.335 e. The van der Waals surface area contributed by atoms with Gasteiger partial charge in [-0.05, 0) is 13.8 Å². The zero-order chi connectivity index (χ0) is 9.35. The largest absolute Gasteiger partial charge is 0.479 e. The Labute approximate surface area is 69.9 Å². The minimum absolute atomic E-state index is 0.112. The maximum atomic E-state index is 10.3. The Morgan fingerprint density at radius 1 is 1.67 bits per heavy atom. The van der Waals surface area contributed by atoms with Crippen LogP contribution in [0.3, 0.4) is 0 Å². The molecule has 0 aromatic heterocycles. The number of hydrogen-bond acceptors (Lipinski definition) is 4. The van der Waals surface area contributed by atoms with E-state index in [9.17, 15) is 4.79 Å². The van der Waals surface area contributed by atoms with E-state index in [1.807, 2.05) is 0 Å². The second-order valence-corrected chi connectivity index (χ2v) is 3.15. The first-order valence-corrected chi connectivity index (χ1v) is 3.65. The molecule has 1 aliphatic rings. The van der Waals surface area contributed by atoms with Crippen LogP contribution in [0.2, 0.25) is 0 Å². The van der Waals surface area contributed by atoms with Crippen LogP contribution in [-0.2, 0) is 14.3 Å². The van der Waals surface area contributed by atoms with Gasteiger partial charge < -0.3 is 19.7 Å². The minimum Gasteiger partial charge on any atom is -0.479 e. The zero-order valence-electron chi connectivity index (χ0n) is 6.98. The number of hydrogen-bond donors (Lipinski definition) is 2. The van der Waals surface area contributed by atoms with Crippen molar-refractivity contribution in [2.75, 3.05) is 6.61 Å². The molecule has 0 aliphatic carbocycles. The van der Waals surface area contributed by atoms with Crippen LogP contribution in [0.5, 0.6) is 0 Å². The van der Waals surface area contributed by atoms with Crippen LogP contribution < -0.4 is 0 Å². The number of carbonyl (C=O) groups is 1. The van der Waals surface area contributed by atoms with Crippen LogP contribution in [0.15, 0.2) is 0 Å². The molecule has 1 aliphatic heterocycles. The van der Waals surface area contributed by atoms with Gasteiger partial charge >= 0.3 is 5.97 Å². The van der Waals surface area contributed by atoms with E-state index in [2.05, 4.69) is 0 Å². The highest BCUT2D eigenvalue weighted by Crippen LogP contribution is 2.24. The first-order chi connectivity index (χ1) is 5.42. The van der Waals surface area contributed by atoms with Crippen LogP contribution >= 0.6 is 0 Å². The van der Waals surface area contributed by atoms with Crippen LogP contribution in [0.25, 0.3) is 0 Å². The quantitative estimate of drug-likeness (QED) is 0.597. The summed E-state index contributed by atoms with van der Waals surface area (Å²) in [7, 11) is 0. The maximum absolute atomic E-state index is 10.3. The molecule has 1 rings (SSSR count). The molecule has 0 saturated carbocycles. The monoisotopic (exact) mass is 176 g/mol. The molecule has 5 heteroatoms. The number of aliphatic carboxylic acids is 1. The van der Waals surface area contributed by atoms with E-state index in [4.69, 9.17) is 19.7 Å². The standard InChI is InChI=1S/C7H12O5/c1-7(2)11-3-4(12-7)5(8)6(9)10/h4-5,8H,3H2,1-2H3,(H,9,10)/t4-,5+/m0/s1. The molecule has 0 radical (unpaired) electrons. The van der Waals surface area contributed by atoms with E-state index in [0.29, 0.717) is 0 Å². The van der Waals surface area contributed by atoms with Gasteiger partial charge in [0.1, 0.15) is 6.10 Å². The van der Waals surface area contributed by atoms with Crippen molar-refractivity contribution in [2.24, 2.45) is 0 Å². The Kier molecular flexibility index (Phi) is 2.36. The van der Waals surface area contributed by atoms with Crippen molar-refractivity contribution in [3.63, 3.8) is 0 Å². The minimum atomic E-state index is -1.51. The van der Waals surface area contributed by atoms with Gasteiger partial charge in [0.05, 0.1) is 6.61 Å². The number of aliphatic hydroxyl groups excluding tert-OH is 1. The molecule has 0 aromatic carbocycles. The van der Waals surface area contributed by atoms with Crippen molar-refractivity contribution >= 4 is 5.97 Å². The Bertz CT molecular complexity index is 188. The lowest BCUT2D eigenvalue weighted by Gasteiger charge is -2.18. The van der Waals surface area contributed by atoms with Gasteiger partial charge in [0.2, 0.25) is 0 Å². The van der Waals surface area contributed by atoms with E-state index in [1.165, 1.54) is 0 Å². The smallest absolute Gasteiger partial charge is 0.335 e. The summed E-state index contributed by atoms with van der Waals surface area (Å²) < 4.78 is 10.2. The molecule has 5 nitrogen and oxygen atoms in total. The van der Waals surface area contributed by atoms with Crippen LogP contribution in [-0.4, -0.2) is 40.8 Å². The molecule has 12 heavy (non-hydrogen) atoms. The highest BCUT2D eigenvalue weighted by atomic mass is 16.7. The van der Waals surface area contributed by atoms with Crippen molar-refractivity contribution in [2.45, 2.75) is 31.8 Å². The Morgan fingerprint density at radius 3 is 2.58 bits per heavy atom. The molecule has 2 atom stereocenters. The van der Waals surface area contributed by atoms with Crippen molar-refractivity contribution in [1.29, 1.82) is 0 Å². The van der Waals surface area contributed by atoms with Gasteiger partial charge in [0.15, 0.2) is 11.9 Å². The van der Waals surface area contributed by atoms with Crippen LogP contribution in [0.4, 0.5) is 0 Å². The van der Waals surface area contributed by atoms with Gasteiger partial charge in [0, 0.05) is 0 Å². The highest BCUT2D eigenvalue weighted by Gasteiger charge is 2.39. The summed E-state index contributed by atoms with van der Waals surface area (Å²) in [5, 5.41) is 17.5. The van der Waals surface area contributed by atoms with E-state index in [1.54, 1.807) is 13.8 Å². The molecule has 1 fully saturated rings. The average Bonchev–Trinajstić information content (AvgIpc) is 2.28. The van der Waals surface area contributed by atoms with Crippen molar-refractivity contribution in [1.82, 2.24) is 0 Å². The fraction of sp³-hybridized carbons (Fsp3) is 0.857. The summed E-state index contributed by atoms with van der Waals surface area (Å²) in [6.45, 7) is 3.45. The second kappa shape index (κ2) is 3.01. The van der Waals surface area contributed by atoms with E-state index in [0.717, 1.165) is 0 Å². The van der Waals surface area contributed by atoms with E-state index >= 15 is 0 Å². The van der Waals surface area contributed by atoms with Gasteiger partial charge in [-0.25, -0.2) is 4.79 Å². The van der Waals surface area contributed by atoms with E-state index < -0.39 is 24.0 Å². The molecule has 0 spiro atoms. The van der Waals surface area contributed by atoms with Crippen molar-refractivity contribution in [3.8, 4) is 0 Å². The van der Waals surface area contributed by atoms with E-state index in [-0.39, 0.29) is 6.61 Å². The average molecular weight is 176 g/mol. The number of carboxylic acids is 1. The molecule has 1 heterocycles. The summed E-state index contributed by atoms with van der Waals surface area (Å²) in [4.78, 5) is 10.3. The molecule has 0 aromatic rings. The van der Waals surface area contributed by atoms with Gasteiger partial charge in [0.25, 0.3) is 0 Å². The van der Waals surface area contributed by atoms with Gasteiger partial charge in [-0.15, -0.1) is 0 Å². The molecule has 2 N–H and O–H groups in total. The van der Waals surface area contributed by atoms with Crippen molar-refractivity contribution < 1.29 is 24.5 Å². The summed E-state index contributed by atoms with van der Waals surface area (Å²) >= 11 is 0. The normalized spacial score (nSPS) is 30.1. The molecule has 1 saturated heterocycles. The Hall–Kier alpha value is -0.650. The van der Waals surface area contributed by atoms with Gasteiger partial charge in [-0.3, -0.25) is 0 Å². The summed E-state index contributed by atoms with van der Waals surface area (Å²) in [5.41, 5.74) is 0. The molecule has 0 amide bonds. The SMILES string of the molecule is CC1(C)OC[C@@H]([C@@H](O)C(=O)O)O1. The predicted octanol–water partition coefficient (Wildman–Crippen LogP) is -0.417.